The van der Waals surface area contributed by atoms with Crippen LogP contribution in [0.2, 0.25) is 0 Å². The van der Waals surface area contributed by atoms with Crippen molar-refractivity contribution >= 4 is 11.3 Å². The number of thiophene rings is 1. The molecule has 1 aromatic heterocycles. The Morgan fingerprint density at radius 2 is 2.55 bits per heavy atom. The third kappa shape index (κ3) is 1.33. The zero-order chi connectivity index (χ0) is 7.68. The monoisotopic (exact) mass is 167 g/mol. The van der Waals surface area contributed by atoms with Crippen LogP contribution in [0.25, 0.3) is 0 Å². The smallest absolute Gasteiger partial charge is 0.0438 e. The fourth-order valence-corrected chi connectivity index (χ4v) is 2.68. The lowest BCUT2D eigenvalue weighted by atomic mass is 10.2. The van der Waals surface area contributed by atoms with Crippen LogP contribution >= 0.6 is 11.3 Å². The standard InChI is InChI=1S/C9H13NS/c1-10-6-2-4-8(10)9-5-3-7-11-9/h3,5,7-8H,2,4,6H2,1H3/t8-/m0/s1. The largest absolute Gasteiger partial charge is 0.299 e. The minimum Gasteiger partial charge on any atom is -0.299 e. The van der Waals surface area contributed by atoms with Gasteiger partial charge in [0.15, 0.2) is 0 Å². The number of hydrogen-bond donors (Lipinski definition) is 0. The molecule has 1 aromatic rings. The maximum absolute atomic E-state index is 2.45. The molecule has 1 atom stereocenters. The molecule has 1 aliphatic heterocycles. The molecule has 0 amide bonds. The first-order valence-corrected chi connectivity index (χ1v) is 4.99. The summed E-state index contributed by atoms with van der Waals surface area (Å²) < 4.78 is 0. The fraction of sp³-hybridized carbons (Fsp3) is 0.556. The second-order valence-electron chi connectivity index (χ2n) is 3.15. The van der Waals surface area contributed by atoms with Crippen molar-refractivity contribution in [1.29, 1.82) is 0 Å². The lowest BCUT2D eigenvalue weighted by molar-refractivity contribution is 0.321. The molecule has 0 N–H and O–H groups in total. The Bertz CT molecular complexity index is 217. The maximum Gasteiger partial charge on any atom is 0.0438 e. The summed E-state index contributed by atoms with van der Waals surface area (Å²) in [7, 11) is 2.22. The van der Waals surface area contributed by atoms with E-state index in [2.05, 4.69) is 29.5 Å². The number of likely N-dealkylation sites (tertiary alicyclic amines) is 1. The number of hydrogen-bond acceptors (Lipinski definition) is 2. The molecule has 60 valence electrons. The SMILES string of the molecule is CN1CCC[C@H]1c1cccs1. The van der Waals surface area contributed by atoms with Crippen molar-refractivity contribution in [2.75, 3.05) is 13.6 Å². The topological polar surface area (TPSA) is 3.24 Å². The lowest BCUT2D eigenvalue weighted by Crippen LogP contribution is -2.16. The Morgan fingerprint density at radius 1 is 1.64 bits per heavy atom. The Morgan fingerprint density at radius 3 is 3.09 bits per heavy atom. The molecule has 1 fully saturated rings. The molecule has 1 nitrogen and oxygen atoms in total. The predicted molar refractivity (Wildman–Crippen MR) is 48.9 cm³/mol. The Balaban J connectivity index is 2.16. The van der Waals surface area contributed by atoms with Crippen LogP contribution in [0.5, 0.6) is 0 Å². The molecule has 0 unspecified atom stereocenters. The van der Waals surface area contributed by atoms with Crippen LogP contribution in [0.4, 0.5) is 0 Å². The molecule has 0 spiro atoms. The highest BCUT2D eigenvalue weighted by Gasteiger charge is 2.22. The van der Waals surface area contributed by atoms with Gasteiger partial charge in [-0.05, 0) is 37.9 Å². The van der Waals surface area contributed by atoms with Gasteiger partial charge in [0, 0.05) is 10.9 Å². The first-order chi connectivity index (χ1) is 5.38. The van der Waals surface area contributed by atoms with Gasteiger partial charge in [-0.15, -0.1) is 11.3 Å². The molecular weight excluding hydrogens is 154 g/mol. The van der Waals surface area contributed by atoms with Gasteiger partial charge in [0.2, 0.25) is 0 Å². The molecule has 0 aromatic carbocycles. The normalized spacial score (nSPS) is 26.1. The summed E-state index contributed by atoms with van der Waals surface area (Å²) in [4.78, 5) is 3.98. The Kier molecular flexibility index (Phi) is 1.96. The van der Waals surface area contributed by atoms with Crippen LogP contribution in [0, 0.1) is 0 Å². The van der Waals surface area contributed by atoms with Gasteiger partial charge in [-0.2, -0.15) is 0 Å². The summed E-state index contributed by atoms with van der Waals surface area (Å²) >= 11 is 1.88. The average Bonchev–Trinajstić information content (AvgIpc) is 2.55. The zero-order valence-electron chi connectivity index (χ0n) is 6.79. The second-order valence-corrected chi connectivity index (χ2v) is 4.13. The number of rotatable bonds is 1. The maximum atomic E-state index is 2.45. The number of nitrogens with zero attached hydrogens (tertiary/aromatic N) is 1. The fourth-order valence-electron chi connectivity index (χ4n) is 1.75. The summed E-state index contributed by atoms with van der Waals surface area (Å²) in [5.41, 5.74) is 0. The van der Waals surface area contributed by atoms with Gasteiger partial charge in [0.25, 0.3) is 0 Å². The highest BCUT2D eigenvalue weighted by molar-refractivity contribution is 7.10. The van der Waals surface area contributed by atoms with Gasteiger partial charge in [-0.1, -0.05) is 6.07 Å². The van der Waals surface area contributed by atoms with Gasteiger partial charge in [-0.25, -0.2) is 0 Å². The van der Waals surface area contributed by atoms with E-state index in [1.54, 1.807) is 0 Å². The predicted octanol–water partition coefficient (Wildman–Crippen LogP) is 2.51. The molecule has 1 saturated heterocycles. The Hall–Kier alpha value is -0.340. The van der Waals surface area contributed by atoms with Crippen molar-refractivity contribution in [2.24, 2.45) is 0 Å². The van der Waals surface area contributed by atoms with Gasteiger partial charge in [0.05, 0.1) is 0 Å². The quantitative estimate of drug-likeness (QED) is 0.621. The van der Waals surface area contributed by atoms with Crippen molar-refractivity contribution in [1.82, 2.24) is 4.90 Å². The third-order valence-electron chi connectivity index (χ3n) is 2.39. The summed E-state index contributed by atoms with van der Waals surface area (Å²) in [5, 5.41) is 2.17. The minimum absolute atomic E-state index is 0.718. The van der Waals surface area contributed by atoms with E-state index in [1.807, 2.05) is 11.3 Å². The highest BCUT2D eigenvalue weighted by Crippen LogP contribution is 2.32. The van der Waals surface area contributed by atoms with E-state index in [0.717, 1.165) is 6.04 Å². The van der Waals surface area contributed by atoms with E-state index in [1.165, 1.54) is 24.3 Å². The molecule has 0 bridgehead atoms. The first-order valence-electron chi connectivity index (χ1n) is 4.11. The summed E-state index contributed by atoms with van der Waals surface area (Å²) in [6, 6.07) is 5.11. The molecule has 11 heavy (non-hydrogen) atoms. The van der Waals surface area contributed by atoms with E-state index in [0.29, 0.717) is 0 Å². The average molecular weight is 167 g/mol. The van der Waals surface area contributed by atoms with Crippen molar-refractivity contribution in [3.8, 4) is 0 Å². The van der Waals surface area contributed by atoms with E-state index >= 15 is 0 Å². The van der Waals surface area contributed by atoms with Crippen LogP contribution in [-0.2, 0) is 0 Å². The van der Waals surface area contributed by atoms with Gasteiger partial charge in [-0.3, -0.25) is 4.90 Å². The summed E-state index contributed by atoms with van der Waals surface area (Å²) in [5.74, 6) is 0. The highest BCUT2D eigenvalue weighted by atomic mass is 32.1. The first kappa shape index (κ1) is 7.32. The van der Waals surface area contributed by atoms with Crippen LogP contribution < -0.4 is 0 Å². The van der Waals surface area contributed by atoms with E-state index < -0.39 is 0 Å². The minimum atomic E-state index is 0.718. The summed E-state index contributed by atoms with van der Waals surface area (Å²) in [6.45, 7) is 1.27. The van der Waals surface area contributed by atoms with Crippen molar-refractivity contribution in [2.45, 2.75) is 18.9 Å². The molecule has 1 aliphatic rings. The molecule has 0 aliphatic carbocycles. The van der Waals surface area contributed by atoms with Gasteiger partial charge < -0.3 is 0 Å². The third-order valence-corrected chi connectivity index (χ3v) is 3.37. The van der Waals surface area contributed by atoms with Crippen LogP contribution in [-0.4, -0.2) is 18.5 Å². The second kappa shape index (κ2) is 2.95. The van der Waals surface area contributed by atoms with Gasteiger partial charge in [0.1, 0.15) is 0 Å². The molecule has 0 radical (unpaired) electrons. The van der Waals surface area contributed by atoms with Gasteiger partial charge >= 0.3 is 0 Å². The van der Waals surface area contributed by atoms with E-state index in [4.69, 9.17) is 0 Å². The molecule has 2 heterocycles. The van der Waals surface area contributed by atoms with Crippen molar-refractivity contribution in [3.05, 3.63) is 22.4 Å². The van der Waals surface area contributed by atoms with Crippen LogP contribution in [0.1, 0.15) is 23.8 Å². The van der Waals surface area contributed by atoms with Crippen molar-refractivity contribution < 1.29 is 0 Å². The Labute approximate surface area is 71.7 Å². The van der Waals surface area contributed by atoms with E-state index in [9.17, 15) is 0 Å². The molecular formula is C9H13NS. The lowest BCUT2D eigenvalue weighted by Gasteiger charge is -2.17. The summed E-state index contributed by atoms with van der Waals surface area (Å²) in [6.07, 6.45) is 2.70. The van der Waals surface area contributed by atoms with E-state index in [-0.39, 0.29) is 0 Å². The molecule has 0 saturated carbocycles. The molecule has 2 rings (SSSR count). The molecule has 2 heteroatoms. The zero-order valence-corrected chi connectivity index (χ0v) is 7.60. The van der Waals surface area contributed by atoms with Crippen LogP contribution in [0.15, 0.2) is 17.5 Å². The van der Waals surface area contributed by atoms with Crippen LogP contribution in [0.3, 0.4) is 0 Å². The van der Waals surface area contributed by atoms with Crippen molar-refractivity contribution in [3.63, 3.8) is 0 Å².